The quantitative estimate of drug-likeness (QED) is 0.806. The molecule has 0 saturated heterocycles. The Hall–Kier alpha value is -1.06. The van der Waals surface area contributed by atoms with E-state index in [1.54, 1.807) is 6.92 Å². The van der Waals surface area contributed by atoms with E-state index in [0.29, 0.717) is 12.1 Å². The Balaban J connectivity index is 3.09. The van der Waals surface area contributed by atoms with Gasteiger partial charge in [0.15, 0.2) is 11.6 Å². The van der Waals surface area contributed by atoms with Crippen LogP contribution in [0.4, 0.5) is 8.78 Å². The molecule has 118 valence electrons. The molecule has 0 saturated carbocycles. The molecule has 1 N–H and O–H groups in total. The van der Waals surface area contributed by atoms with Gasteiger partial charge in [-0.3, -0.25) is 9.00 Å². The van der Waals surface area contributed by atoms with Crippen LogP contribution >= 0.6 is 10.7 Å². The van der Waals surface area contributed by atoms with E-state index in [4.69, 9.17) is 10.7 Å². The number of rotatable bonds is 5. The van der Waals surface area contributed by atoms with E-state index in [9.17, 15) is 26.2 Å². The fraction of sp³-hybridized carbons (Fsp3) is 0.364. The first kappa shape index (κ1) is 18.0. The highest BCUT2D eigenvalue weighted by Gasteiger charge is 2.22. The molecule has 0 heterocycles. The molecule has 0 fully saturated rings. The fourth-order valence-corrected chi connectivity index (χ4v) is 2.41. The largest absolute Gasteiger partial charge is 0.351 e. The molecule has 1 aromatic carbocycles. The van der Waals surface area contributed by atoms with Gasteiger partial charge in [-0.1, -0.05) is 0 Å². The summed E-state index contributed by atoms with van der Waals surface area (Å²) in [6.45, 7) is 1.55. The van der Waals surface area contributed by atoms with Crippen LogP contribution in [0.1, 0.15) is 17.3 Å². The molecule has 0 radical (unpaired) electrons. The number of benzene rings is 1. The molecule has 2 atom stereocenters. The Bertz CT molecular complexity index is 694. The fourth-order valence-electron chi connectivity index (χ4n) is 1.32. The average Bonchev–Trinajstić information content (AvgIpc) is 2.37. The van der Waals surface area contributed by atoms with E-state index >= 15 is 0 Å². The summed E-state index contributed by atoms with van der Waals surface area (Å²) in [5.41, 5.74) is -0.789. The van der Waals surface area contributed by atoms with Crippen LogP contribution in [0.3, 0.4) is 0 Å². The Morgan fingerprint density at radius 2 is 2.00 bits per heavy atom. The molecule has 0 spiro atoms. The predicted molar refractivity (Wildman–Crippen MR) is 75.3 cm³/mol. The molecule has 1 aromatic rings. The lowest BCUT2D eigenvalue weighted by Crippen LogP contribution is -2.33. The molecule has 0 aromatic heterocycles. The summed E-state index contributed by atoms with van der Waals surface area (Å²) in [4.78, 5) is 11.0. The Labute approximate surface area is 127 Å². The highest BCUT2D eigenvalue weighted by molar-refractivity contribution is 8.13. The van der Waals surface area contributed by atoms with Crippen molar-refractivity contribution in [1.29, 1.82) is 0 Å². The molecule has 21 heavy (non-hydrogen) atoms. The molecule has 5 nitrogen and oxygen atoms in total. The number of amides is 1. The van der Waals surface area contributed by atoms with Crippen molar-refractivity contribution < 1.29 is 26.2 Å². The van der Waals surface area contributed by atoms with Crippen LogP contribution in [0.2, 0.25) is 0 Å². The van der Waals surface area contributed by atoms with Gasteiger partial charge in [-0.05, 0) is 19.1 Å². The van der Waals surface area contributed by atoms with Crippen LogP contribution in [-0.4, -0.2) is 36.6 Å². The maximum atomic E-state index is 13.6. The maximum Gasteiger partial charge on any atom is 0.261 e. The number of carbonyl (C=O) groups is 1. The van der Waals surface area contributed by atoms with Crippen LogP contribution < -0.4 is 5.32 Å². The topological polar surface area (TPSA) is 80.3 Å². The molecule has 1 rings (SSSR count). The monoisotopic (exact) mass is 359 g/mol. The lowest BCUT2D eigenvalue weighted by Gasteiger charge is -2.11. The standard InChI is InChI=1S/C11H12ClF2NO4S2/c1-6(20(2)17)5-15-11(16)8-3-7(21(12,18)19)4-9(13)10(8)14/h3-4,6H,5H2,1-2H3,(H,15,16). The first-order valence-electron chi connectivity index (χ1n) is 5.58. The highest BCUT2D eigenvalue weighted by atomic mass is 35.7. The summed E-state index contributed by atoms with van der Waals surface area (Å²) in [6.07, 6.45) is 1.43. The van der Waals surface area contributed by atoms with Gasteiger partial charge in [0.05, 0.1) is 10.5 Å². The van der Waals surface area contributed by atoms with Gasteiger partial charge in [-0.15, -0.1) is 0 Å². The van der Waals surface area contributed by atoms with E-state index in [1.165, 1.54) is 6.26 Å². The number of halogens is 3. The molecule has 0 aliphatic heterocycles. The summed E-state index contributed by atoms with van der Waals surface area (Å²) in [5, 5.41) is 1.85. The van der Waals surface area contributed by atoms with Gasteiger partial charge in [-0.2, -0.15) is 0 Å². The van der Waals surface area contributed by atoms with Crippen molar-refractivity contribution in [1.82, 2.24) is 5.32 Å². The molecule has 10 heteroatoms. The van der Waals surface area contributed by atoms with E-state index < -0.39 is 53.1 Å². The smallest absolute Gasteiger partial charge is 0.261 e. The van der Waals surface area contributed by atoms with Gasteiger partial charge in [0.1, 0.15) is 0 Å². The van der Waals surface area contributed by atoms with E-state index in [2.05, 4.69) is 5.32 Å². The van der Waals surface area contributed by atoms with Crippen LogP contribution in [-0.2, 0) is 19.9 Å². The van der Waals surface area contributed by atoms with E-state index in [-0.39, 0.29) is 6.54 Å². The SMILES string of the molecule is CC(CNC(=O)c1cc(S(=O)(=O)Cl)cc(F)c1F)S(C)=O. The number of hydrogen-bond acceptors (Lipinski definition) is 4. The van der Waals surface area contributed by atoms with E-state index in [0.717, 1.165) is 0 Å². The average molecular weight is 360 g/mol. The van der Waals surface area contributed by atoms with Crippen molar-refractivity contribution in [2.45, 2.75) is 17.1 Å². The van der Waals surface area contributed by atoms with Gasteiger partial charge in [-0.25, -0.2) is 17.2 Å². The van der Waals surface area contributed by atoms with Crippen molar-refractivity contribution in [2.24, 2.45) is 0 Å². The van der Waals surface area contributed by atoms with Crippen molar-refractivity contribution in [3.63, 3.8) is 0 Å². The first-order valence-corrected chi connectivity index (χ1v) is 9.51. The second kappa shape index (κ2) is 6.80. The van der Waals surface area contributed by atoms with Crippen molar-refractivity contribution in [2.75, 3.05) is 12.8 Å². The second-order valence-electron chi connectivity index (χ2n) is 4.22. The zero-order chi connectivity index (χ0) is 16.4. The minimum atomic E-state index is -4.31. The van der Waals surface area contributed by atoms with Crippen molar-refractivity contribution in [3.8, 4) is 0 Å². The highest BCUT2D eigenvalue weighted by Crippen LogP contribution is 2.21. The van der Waals surface area contributed by atoms with Gasteiger partial charge >= 0.3 is 0 Å². The van der Waals surface area contributed by atoms with Gasteiger partial charge in [0.25, 0.3) is 15.0 Å². The lowest BCUT2D eigenvalue weighted by atomic mass is 10.2. The van der Waals surface area contributed by atoms with Crippen LogP contribution in [0, 0.1) is 11.6 Å². The van der Waals surface area contributed by atoms with Crippen molar-refractivity contribution >= 4 is 36.4 Å². The van der Waals surface area contributed by atoms with E-state index in [1.807, 2.05) is 0 Å². The van der Waals surface area contributed by atoms with Gasteiger partial charge in [0, 0.05) is 39.5 Å². The minimum absolute atomic E-state index is 0.0408. The summed E-state index contributed by atoms with van der Waals surface area (Å²) in [6, 6.07) is 1.03. The lowest BCUT2D eigenvalue weighted by molar-refractivity contribution is 0.0948. The Morgan fingerprint density at radius 1 is 1.43 bits per heavy atom. The Kier molecular flexibility index (Phi) is 5.83. The molecule has 1 amide bonds. The maximum absolute atomic E-state index is 13.6. The second-order valence-corrected chi connectivity index (χ2v) is 8.59. The molecule has 0 aliphatic carbocycles. The summed E-state index contributed by atoms with van der Waals surface area (Å²) in [5.74, 6) is -4.01. The minimum Gasteiger partial charge on any atom is -0.351 e. The molecular weight excluding hydrogens is 348 g/mol. The van der Waals surface area contributed by atoms with Crippen molar-refractivity contribution in [3.05, 3.63) is 29.3 Å². The molecule has 2 unspecified atom stereocenters. The summed E-state index contributed by atoms with van der Waals surface area (Å²) >= 11 is 0. The third-order valence-corrected chi connectivity index (χ3v) is 5.28. The third kappa shape index (κ3) is 4.72. The Morgan fingerprint density at radius 3 is 2.48 bits per heavy atom. The van der Waals surface area contributed by atoms with Crippen LogP contribution in [0.15, 0.2) is 17.0 Å². The summed E-state index contributed by atoms with van der Waals surface area (Å²) < 4.78 is 60.3. The predicted octanol–water partition coefficient (Wildman–Crippen LogP) is 1.39. The van der Waals surface area contributed by atoms with Crippen LogP contribution in [0.5, 0.6) is 0 Å². The number of carbonyl (C=O) groups excluding carboxylic acids is 1. The first-order chi connectivity index (χ1) is 9.54. The molecular formula is C11H12ClF2NO4S2. The third-order valence-electron chi connectivity index (χ3n) is 2.64. The molecule has 0 aliphatic rings. The van der Waals surface area contributed by atoms with Gasteiger partial charge < -0.3 is 5.32 Å². The van der Waals surface area contributed by atoms with Gasteiger partial charge in [0.2, 0.25) is 0 Å². The molecule has 0 bridgehead atoms. The zero-order valence-electron chi connectivity index (χ0n) is 11.0. The zero-order valence-corrected chi connectivity index (χ0v) is 13.4. The number of nitrogens with one attached hydrogen (secondary N) is 1. The normalized spacial score (nSPS) is 14.5. The van der Waals surface area contributed by atoms with Crippen LogP contribution in [0.25, 0.3) is 0 Å². The summed E-state index contributed by atoms with van der Waals surface area (Å²) in [7, 11) is -0.477. The number of hydrogen-bond donors (Lipinski definition) is 1.